The molecule has 1 rings (SSSR count). The lowest BCUT2D eigenvalue weighted by atomic mass is 10.2. The summed E-state index contributed by atoms with van der Waals surface area (Å²) in [6.45, 7) is 2.07. The summed E-state index contributed by atoms with van der Waals surface area (Å²) in [7, 11) is 0. The first-order chi connectivity index (χ1) is 4.84. The summed E-state index contributed by atoms with van der Waals surface area (Å²) in [6.07, 6.45) is 3.24. The second kappa shape index (κ2) is 3.31. The van der Waals surface area contributed by atoms with Crippen molar-refractivity contribution in [2.24, 2.45) is 5.73 Å². The van der Waals surface area contributed by atoms with Crippen molar-refractivity contribution in [3.63, 3.8) is 0 Å². The largest absolute Gasteiger partial charge is 0.343 e. The zero-order chi connectivity index (χ0) is 7.40. The third-order valence-corrected chi connectivity index (χ3v) is 1.31. The maximum Gasteiger partial charge on any atom is 0.213 e. The van der Waals surface area contributed by atoms with Crippen LogP contribution in [0, 0.1) is 0 Å². The van der Waals surface area contributed by atoms with E-state index in [0.717, 1.165) is 12.8 Å². The van der Waals surface area contributed by atoms with Crippen LogP contribution in [0.3, 0.4) is 0 Å². The molecule has 0 fully saturated rings. The summed E-state index contributed by atoms with van der Waals surface area (Å²) in [5.41, 5.74) is 5.66. The van der Waals surface area contributed by atoms with E-state index in [0.29, 0.717) is 5.82 Å². The number of rotatable bonds is 3. The summed E-state index contributed by atoms with van der Waals surface area (Å²) in [5.74, 6) is 0.599. The lowest BCUT2D eigenvalue weighted by Gasteiger charge is -2.01. The maximum absolute atomic E-state index is 5.66. The van der Waals surface area contributed by atoms with Crippen molar-refractivity contribution >= 4 is 0 Å². The van der Waals surface area contributed by atoms with Crippen LogP contribution in [0.2, 0.25) is 0 Å². The molecule has 56 valence electrons. The van der Waals surface area contributed by atoms with Crippen molar-refractivity contribution in [2.45, 2.75) is 25.8 Å². The first-order valence-corrected chi connectivity index (χ1v) is 3.36. The molecule has 0 aliphatic rings. The zero-order valence-electron chi connectivity index (χ0n) is 5.95. The Morgan fingerprint density at radius 1 is 1.80 bits per heavy atom. The molecule has 10 heavy (non-hydrogen) atoms. The minimum atomic E-state index is -0.0660. The fraction of sp³-hybridized carbons (Fsp3) is 0.667. The van der Waals surface area contributed by atoms with E-state index in [1.807, 2.05) is 0 Å². The average molecular weight is 141 g/mol. The van der Waals surface area contributed by atoms with Gasteiger partial charge in [-0.05, 0) is 6.42 Å². The van der Waals surface area contributed by atoms with Crippen LogP contribution in [0.4, 0.5) is 0 Å². The molecule has 0 saturated carbocycles. The van der Waals surface area contributed by atoms with Crippen LogP contribution in [0.1, 0.15) is 31.6 Å². The van der Waals surface area contributed by atoms with Crippen LogP contribution in [0.25, 0.3) is 0 Å². The highest BCUT2D eigenvalue weighted by Crippen LogP contribution is 2.09. The molecule has 1 unspecified atom stereocenters. The van der Waals surface area contributed by atoms with Crippen LogP contribution in [0.5, 0.6) is 0 Å². The maximum atomic E-state index is 5.66. The van der Waals surface area contributed by atoms with Crippen LogP contribution >= 0.6 is 0 Å². The second-order valence-electron chi connectivity index (χ2n) is 2.18. The molecule has 4 heteroatoms. The van der Waals surface area contributed by atoms with Crippen molar-refractivity contribution in [1.82, 2.24) is 10.1 Å². The molecular formula is C6H11N3O. The summed E-state index contributed by atoms with van der Waals surface area (Å²) in [5, 5.41) is 3.62. The third kappa shape index (κ3) is 1.54. The first-order valence-electron chi connectivity index (χ1n) is 3.36. The van der Waals surface area contributed by atoms with Gasteiger partial charge in [0.25, 0.3) is 0 Å². The summed E-state index contributed by atoms with van der Waals surface area (Å²) < 4.78 is 4.54. The van der Waals surface area contributed by atoms with Crippen LogP contribution in [0.15, 0.2) is 10.9 Å². The standard InChI is InChI=1S/C6H11N3O/c1-2-3-5(7)6-8-4-10-9-6/h4-5H,2-3,7H2,1H3. The highest BCUT2D eigenvalue weighted by Gasteiger charge is 2.08. The molecule has 0 aliphatic carbocycles. The molecule has 1 aromatic rings. The van der Waals surface area contributed by atoms with E-state index in [-0.39, 0.29) is 6.04 Å². The van der Waals surface area contributed by atoms with Gasteiger partial charge in [-0.2, -0.15) is 4.98 Å². The molecule has 0 aromatic carbocycles. The quantitative estimate of drug-likeness (QED) is 0.678. The highest BCUT2D eigenvalue weighted by atomic mass is 16.5. The van der Waals surface area contributed by atoms with Crippen LogP contribution in [-0.4, -0.2) is 10.1 Å². The number of aromatic nitrogens is 2. The van der Waals surface area contributed by atoms with Crippen molar-refractivity contribution in [3.05, 3.63) is 12.2 Å². The monoisotopic (exact) mass is 141 g/mol. The Labute approximate surface area is 59.4 Å². The molecule has 0 amide bonds. The van der Waals surface area contributed by atoms with Gasteiger partial charge in [0.15, 0.2) is 5.82 Å². The van der Waals surface area contributed by atoms with E-state index in [1.54, 1.807) is 0 Å². The molecule has 2 N–H and O–H groups in total. The van der Waals surface area contributed by atoms with Gasteiger partial charge in [-0.15, -0.1) is 0 Å². The molecule has 0 bridgehead atoms. The summed E-state index contributed by atoms with van der Waals surface area (Å²) in [4.78, 5) is 3.83. The number of nitrogens with two attached hydrogens (primary N) is 1. The highest BCUT2D eigenvalue weighted by molar-refractivity contribution is 4.86. The normalized spacial score (nSPS) is 13.4. The number of nitrogens with zero attached hydrogens (tertiary/aromatic N) is 2. The van der Waals surface area contributed by atoms with Gasteiger partial charge in [-0.25, -0.2) is 0 Å². The minimum absolute atomic E-state index is 0.0660. The van der Waals surface area contributed by atoms with Crippen LogP contribution < -0.4 is 5.73 Å². The molecule has 0 spiro atoms. The third-order valence-electron chi connectivity index (χ3n) is 1.31. The predicted octanol–water partition coefficient (Wildman–Crippen LogP) is 0.869. The lowest BCUT2D eigenvalue weighted by molar-refractivity contribution is 0.402. The van der Waals surface area contributed by atoms with Crippen LogP contribution in [-0.2, 0) is 0 Å². The predicted molar refractivity (Wildman–Crippen MR) is 36.1 cm³/mol. The van der Waals surface area contributed by atoms with E-state index in [4.69, 9.17) is 5.73 Å². The van der Waals surface area contributed by atoms with E-state index < -0.39 is 0 Å². The van der Waals surface area contributed by atoms with E-state index >= 15 is 0 Å². The van der Waals surface area contributed by atoms with E-state index in [2.05, 4.69) is 21.6 Å². The molecule has 1 atom stereocenters. The second-order valence-corrected chi connectivity index (χ2v) is 2.18. The zero-order valence-corrected chi connectivity index (χ0v) is 5.95. The Morgan fingerprint density at radius 3 is 3.10 bits per heavy atom. The first kappa shape index (κ1) is 7.21. The number of hydrogen-bond acceptors (Lipinski definition) is 4. The number of hydrogen-bond donors (Lipinski definition) is 1. The molecule has 1 aromatic heterocycles. The molecule has 0 aliphatic heterocycles. The van der Waals surface area contributed by atoms with Gasteiger partial charge in [-0.3, -0.25) is 0 Å². The van der Waals surface area contributed by atoms with Crippen molar-refractivity contribution in [3.8, 4) is 0 Å². The Balaban J connectivity index is 2.50. The van der Waals surface area contributed by atoms with E-state index in [1.165, 1.54) is 6.39 Å². The molecular weight excluding hydrogens is 130 g/mol. The Morgan fingerprint density at radius 2 is 2.60 bits per heavy atom. The fourth-order valence-corrected chi connectivity index (χ4v) is 0.782. The molecule has 0 radical (unpaired) electrons. The Hall–Kier alpha value is -0.900. The van der Waals surface area contributed by atoms with Gasteiger partial charge in [0.1, 0.15) is 0 Å². The van der Waals surface area contributed by atoms with Gasteiger partial charge in [0.05, 0.1) is 6.04 Å². The van der Waals surface area contributed by atoms with Crippen molar-refractivity contribution in [2.75, 3.05) is 0 Å². The minimum Gasteiger partial charge on any atom is -0.343 e. The average Bonchev–Trinajstić information content (AvgIpc) is 2.38. The van der Waals surface area contributed by atoms with Gasteiger partial charge in [0, 0.05) is 0 Å². The Kier molecular flexibility index (Phi) is 2.39. The Bertz CT molecular complexity index is 173. The van der Waals surface area contributed by atoms with Gasteiger partial charge in [0.2, 0.25) is 6.39 Å². The smallest absolute Gasteiger partial charge is 0.213 e. The summed E-state index contributed by atoms with van der Waals surface area (Å²) in [6, 6.07) is -0.0660. The topological polar surface area (TPSA) is 64.9 Å². The van der Waals surface area contributed by atoms with E-state index in [9.17, 15) is 0 Å². The van der Waals surface area contributed by atoms with Gasteiger partial charge >= 0.3 is 0 Å². The molecule has 1 heterocycles. The van der Waals surface area contributed by atoms with Gasteiger partial charge < -0.3 is 10.3 Å². The summed E-state index contributed by atoms with van der Waals surface area (Å²) >= 11 is 0. The molecule has 0 saturated heterocycles. The fourth-order valence-electron chi connectivity index (χ4n) is 0.782. The SMILES string of the molecule is CCCC(N)c1ncon1. The van der Waals surface area contributed by atoms with Gasteiger partial charge in [-0.1, -0.05) is 18.5 Å². The lowest BCUT2D eigenvalue weighted by Crippen LogP contribution is -2.11. The van der Waals surface area contributed by atoms with Crippen molar-refractivity contribution in [1.29, 1.82) is 0 Å². The molecule has 4 nitrogen and oxygen atoms in total. The van der Waals surface area contributed by atoms with Crippen molar-refractivity contribution < 1.29 is 4.52 Å².